The number of hydrogen-bond donors (Lipinski definition) is 0. The molecule has 1 amide bonds. The number of anilines is 2. The van der Waals surface area contributed by atoms with Crippen LogP contribution in [0.2, 0.25) is 0 Å². The van der Waals surface area contributed by atoms with E-state index in [1.807, 2.05) is 4.90 Å². The van der Waals surface area contributed by atoms with E-state index >= 15 is 0 Å². The zero-order valence-corrected chi connectivity index (χ0v) is 32.8. The van der Waals surface area contributed by atoms with Crippen molar-refractivity contribution in [2.24, 2.45) is 0 Å². The minimum absolute atomic E-state index is 0.0166. The van der Waals surface area contributed by atoms with E-state index in [1.54, 1.807) is 7.11 Å². The predicted molar refractivity (Wildman–Crippen MR) is 210 cm³/mol. The topological polar surface area (TPSA) is 74.3 Å². The molecule has 1 aromatic carbocycles. The van der Waals surface area contributed by atoms with E-state index in [-0.39, 0.29) is 5.91 Å². The average Bonchev–Trinajstić information content (AvgIpc) is 3.12. The van der Waals surface area contributed by atoms with Crippen LogP contribution in [-0.2, 0) is 17.8 Å². The Kier molecular flexibility index (Phi) is 17.1. The van der Waals surface area contributed by atoms with E-state index in [0.717, 1.165) is 88.6 Å². The van der Waals surface area contributed by atoms with Crippen LogP contribution in [0.15, 0.2) is 30.4 Å². The van der Waals surface area contributed by atoms with Gasteiger partial charge < -0.3 is 29.1 Å². The number of aromatic nitrogens is 2. The third-order valence-corrected chi connectivity index (χ3v) is 9.31. The van der Waals surface area contributed by atoms with Gasteiger partial charge >= 0.3 is 6.01 Å². The first-order valence-electron chi connectivity index (χ1n) is 19.2. The summed E-state index contributed by atoms with van der Waals surface area (Å²) in [6.07, 6.45) is 10.0. The molecule has 0 N–H and O–H groups in total. The Hall–Kier alpha value is -3.59. The van der Waals surface area contributed by atoms with E-state index in [0.29, 0.717) is 38.2 Å². The lowest BCUT2D eigenvalue weighted by atomic mass is 9.89. The van der Waals surface area contributed by atoms with Gasteiger partial charge in [-0.1, -0.05) is 66.2 Å². The Bertz CT molecular complexity index is 1390. The second-order valence-electron chi connectivity index (χ2n) is 13.9. The maximum atomic E-state index is 12.3. The number of amides is 1. The van der Waals surface area contributed by atoms with Gasteiger partial charge in [0.05, 0.1) is 26.0 Å². The summed E-state index contributed by atoms with van der Waals surface area (Å²) in [6.45, 7) is 29.3. The molecular formula is C41H66N6O3. The molecule has 9 nitrogen and oxygen atoms in total. The van der Waals surface area contributed by atoms with Gasteiger partial charge in [0.2, 0.25) is 5.91 Å². The molecule has 4 rings (SSSR count). The lowest BCUT2D eigenvalue weighted by Crippen LogP contribution is -2.49. The second-order valence-corrected chi connectivity index (χ2v) is 13.9. The molecule has 1 fully saturated rings. The maximum Gasteiger partial charge on any atom is 0.318 e. The highest BCUT2D eigenvalue weighted by Crippen LogP contribution is 2.40. The molecule has 1 atom stereocenters. The molecule has 1 unspecified atom stereocenters. The van der Waals surface area contributed by atoms with Gasteiger partial charge in [-0.15, -0.1) is 0 Å². The Morgan fingerprint density at radius 2 is 1.66 bits per heavy atom. The number of methoxy groups -OCH3 is 1. The molecule has 9 heteroatoms. The van der Waals surface area contributed by atoms with Crippen LogP contribution in [0.1, 0.15) is 116 Å². The number of ether oxygens (including phenoxy) is 2. The number of nitrogens with zero attached hydrogens (tertiary/aromatic N) is 6. The highest BCUT2D eigenvalue weighted by Gasteiger charge is 2.30. The van der Waals surface area contributed by atoms with Crippen molar-refractivity contribution in [1.82, 2.24) is 19.8 Å². The smallest absolute Gasteiger partial charge is 0.318 e. The average molecular weight is 691 g/mol. The fourth-order valence-corrected chi connectivity index (χ4v) is 6.79. The van der Waals surface area contributed by atoms with Gasteiger partial charge in [-0.05, 0) is 88.2 Å². The maximum absolute atomic E-state index is 12.3. The van der Waals surface area contributed by atoms with Crippen molar-refractivity contribution in [1.29, 1.82) is 0 Å². The highest BCUT2D eigenvalue weighted by molar-refractivity contribution is 5.87. The van der Waals surface area contributed by atoms with Gasteiger partial charge in [-0.2, -0.15) is 9.97 Å². The summed E-state index contributed by atoms with van der Waals surface area (Å²) in [5.41, 5.74) is 7.25. The van der Waals surface area contributed by atoms with Gasteiger partial charge in [0.25, 0.3) is 0 Å². The molecule has 2 aliphatic heterocycles. The Morgan fingerprint density at radius 3 is 2.24 bits per heavy atom. The molecule has 0 aliphatic carbocycles. The first-order valence-corrected chi connectivity index (χ1v) is 19.2. The van der Waals surface area contributed by atoms with Crippen molar-refractivity contribution >= 4 is 23.5 Å². The van der Waals surface area contributed by atoms with Crippen LogP contribution in [0.5, 0.6) is 11.8 Å². The van der Waals surface area contributed by atoms with Gasteiger partial charge in [-0.25, -0.2) is 0 Å². The second kappa shape index (κ2) is 20.9. The summed E-state index contributed by atoms with van der Waals surface area (Å²) < 4.78 is 12.1. The van der Waals surface area contributed by atoms with Crippen LogP contribution >= 0.6 is 0 Å². The third kappa shape index (κ3) is 11.2. The largest absolute Gasteiger partial charge is 0.497 e. The number of carbonyl (C=O) groups is 1. The van der Waals surface area contributed by atoms with Crippen LogP contribution in [0, 0.1) is 0 Å². The molecule has 0 spiro atoms. The van der Waals surface area contributed by atoms with Crippen LogP contribution in [0.4, 0.5) is 11.5 Å². The van der Waals surface area contributed by atoms with Crippen LogP contribution < -0.4 is 19.3 Å². The standard InChI is InChI=1S/C38H58N6O3.C3H8/c1-9-15-41(16-10-2)17-13-23-47-38-39-33-27-44(34-26-31(46-8)25-30(24-28(5)6)36(34)29(7)11-3)18-14-32(33)37(40-38)43-21-19-42(20-22-43)35(45)12-4;1-3-2/h12,24-26,29H,4,9-11,13-23,27H2,1-3,5-8H3;3H2,1-2H3. The fourth-order valence-electron chi connectivity index (χ4n) is 6.79. The first kappa shape index (κ1) is 40.8. The van der Waals surface area contributed by atoms with Gasteiger partial charge in [0.1, 0.15) is 11.6 Å². The van der Waals surface area contributed by atoms with E-state index in [9.17, 15) is 4.79 Å². The SMILES string of the molecule is C=CC(=O)N1CCN(c2nc(OCCCN(CCC)CCC)nc3c2CCN(c2cc(OC)cc(C=C(C)C)c2C(C)CC)C3)CC1.CCC. The van der Waals surface area contributed by atoms with Crippen molar-refractivity contribution < 1.29 is 14.3 Å². The number of rotatable bonds is 16. The summed E-state index contributed by atoms with van der Waals surface area (Å²) in [5.74, 6) is 2.19. The quantitative estimate of drug-likeness (QED) is 0.129. The molecule has 50 heavy (non-hydrogen) atoms. The van der Waals surface area contributed by atoms with Gasteiger partial charge in [0.15, 0.2) is 0 Å². The van der Waals surface area contributed by atoms with Crippen LogP contribution in [0.3, 0.4) is 0 Å². The van der Waals surface area contributed by atoms with Crippen molar-refractivity contribution in [3.8, 4) is 11.8 Å². The Balaban J connectivity index is 0.00000217. The normalized spacial score (nSPS) is 14.8. The molecule has 0 saturated carbocycles. The van der Waals surface area contributed by atoms with E-state index in [2.05, 4.69) is 94.9 Å². The van der Waals surface area contributed by atoms with Crippen LogP contribution in [-0.4, -0.2) is 91.7 Å². The third-order valence-electron chi connectivity index (χ3n) is 9.31. The van der Waals surface area contributed by atoms with E-state index < -0.39 is 0 Å². The van der Waals surface area contributed by atoms with E-state index in [4.69, 9.17) is 19.4 Å². The van der Waals surface area contributed by atoms with Crippen molar-refractivity contribution in [3.63, 3.8) is 0 Å². The number of benzene rings is 1. The molecule has 0 bridgehead atoms. The molecule has 2 aliphatic rings. The van der Waals surface area contributed by atoms with Crippen molar-refractivity contribution in [2.45, 2.75) is 106 Å². The van der Waals surface area contributed by atoms with Crippen LogP contribution in [0.25, 0.3) is 6.08 Å². The molecule has 3 heterocycles. The monoisotopic (exact) mass is 691 g/mol. The zero-order valence-electron chi connectivity index (χ0n) is 32.8. The lowest BCUT2D eigenvalue weighted by molar-refractivity contribution is -0.126. The molecule has 0 radical (unpaired) electrons. The fraction of sp³-hybridized carbons (Fsp3) is 0.634. The zero-order chi connectivity index (χ0) is 36.6. The lowest BCUT2D eigenvalue weighted by Gasteiger charge is -2.38. The molecule has 278 valence electrons. The predicted octanol–water partition coefficient (Wildman–Crippen LogP) is 8.13. The number of carbonyl (C=O) groups excluding carboxylic acids is 1. The summed E-state index contributed by atoms with van der Waals surface area (Å²) in [5, 5.41) is 0. The first-order chi connectivity index (χ1) is 24.1. The Morgan fingerprint density at radius 1 is 0.980 bits per heavy atom. The van der Waals surface area contributed by atoms with Crippen molar-refractivity contribution in [2.75, 3.05) is 75.9 Å². The minimum Gasteiger partial charge on any atom is -0.497 e. The summed E-state index contributed by atoms with van der Waals surface area (Å²) in [6, 6.07) is 4.81. The van der Waals surface area contributed by atoms with Gasteiger partial charge in [0, 0.05) is 56.6 Å². The Labute approximate surface area is 303 Å². The number of hydrogen-bond acceptors (Lipinski definition) is 8. The molecule has 2 aromatic rings. The minimum atomic E-state index is -0.0166. The number of piperazine rings is 1. The molecule has 1 aromatic heterocycles. The van der Waals surface area contributed by atoms with Gasteiger partial charge in [-0.3, -0.25) is 4.79 Å². The number of fused-ring (bicyclic) bond motifs is 1. The highest BCUT2D eigenvalue weighted by atomic mass is 16.5. The summed E-state index contributed by atoms with van der Waals surface area (Å²) in [4.78, 5) is 31.5. The molecular weight excluding hydrogens is 624 g/mol. The van der Waals surface area contributed by atoms with Crippen molar-refractivity contribution in [3.05, 3.63) is 52.7 Å². The molecule has 1 saturated heterocycles. The van der Waals surface area contributed by atoms with E-state index in [1.165, 1.54) is 40.4 Å². The summed E-state index contributed by atoms with van der Waals surface area (Å²) in [7, 11) is 1.75. The summed E-state index contributed by atoms with van der Waals surface area (Å²) >= 11 is 0. The number of allylic oxidation sites excluding steroid dienone is 1.